The number of nitrogens with zero attached hydrogens (tertiary/aromatic N) is 4. The fourth-order valence-corrected chi connectivity index (χ4v) is 2.72. The lowest BCUT2D eigenvalue weighted by Gasteiger charge is -2.09. The number of rotatable bonds is 6. The molecule has 6 nitrogen and oxygen atoms in total. The number of aryl methyl sites for hydroxylation is 3. The van der Waals surface area contributed by atoms with E-state index >= 15 is 0 Å². The monoisotopic (exact) mass is 337 g/mol. The average Bonchev–Trinajstić information content (AvgIpc) is 3.17. The highest BCUT2D eigenvalue weighted by Gasteiger charge is 2.17. The van der Waals surface area contributed by atoms with Gasteiger partial charge in [0.15, 0.2) is 0 Å². The predicted molar refractivity (Wildman–Crippen MR) is 98.5 cm³/mol. The number of carbonyl (C=O) groups excluding carboxylic acids is 1. The Kier molecular flexibility index (Phi) is 4.97. The van der Waals surface area contributed by atoms with Crippen LogP contribution >= 0.6 is 0 Å². The van der Waals surface area contributed by atoms with Gasteiger partial charge in [0.1, 0.15) is 11.5 Å². The number of hydrogen-bond acceptors (Lipinski definition) is 3. The molecule has 0 aliphatic carbocycles. The van der Waals surface area contributed by atoms with Crippen molar-refractivity contribution in [1.82, 2.24) is 19.6 Å². The second kappa shape index (κ2) is 7.34. The van der Waals surface area contributed by atoms with Crippen molar-refractivity contribution in [3.05, 3.63) is 53.9 Å². The molecule has 1 aromatic carbocycles. The zero-order valence-corrected chi connectivity index (χ0v) is 14.9. The number of carbonyl (C=O) groups is 1. The molecule has 0 atom stereocenters. The van der Waals surface area contributed by atoms with Gasteiger partial charge in [0, 0.05) is 24.7 Å². The first kappa shape index (κ1) is 17.0. The highest BCUT2D eigenvalue weighted by molar-refractivity contribution is 6.03. The summed E-state index contributed by atoms with van der Waals surface area (Å²) in [5.74, 6) is 0.569. The van der Waals surface area contributed by atoms with Gasteiger partial charge in [0.05, 0.1) is 11.9 Å². The lowest BCUT2D eigenvalue weighted by atomic mass is 10.1. The quantitative estimate of drug-likeness (QED) is 0.747. The molecule has 0 spiro atoms. The smallest absolute Gasteiger partial charge is 0.275 e. The van der Waals surface area contributed by atoms with Crippen LogP contribution in [0.5, 0.6) is 0 Å². The number of anilines is 1. The summed E-state index contributed by atoms with van der Waals surface area (Å²) >= 11 is 0. The van der Waals surface area contributed by atoms with E-state index in [0.717, 1.165) is 42.0 Å². The van der Waals surface area contributed by atoms with Crippen LogP contribution in [0.4, 0.5) is 5.82 Å². The molecule has 1 amide bonds. The van der Waals surface area contributed by atoms with Gasteiger partial charge in [-0.3, -0.25) is 9.48 Å². The molecule has 0 bridgehead atoms. The molecule has 3 rings (SSSR count). The molecular formula is C19H23N5O. The van der Waals surface area contributed by atoms with Crippen molar-refractivity contribution in [3.63, 3.8) is 0 Å². The minimum Gasteiger partial charge on any atom is -0.305 e. The molecule has 130 valence electrons. The third-order valence-electron chi connectivity index (χ3n) is 4.16. The summed E-state index contributed by atoms with van der Waals surface area (Å²) in [4.78, 5) is 12.7. The summed E-state index contributed by atoms with van der Waals surface area (Å²) in [7, 11) is 1.78. The zero-order valence-electron chi connectivity index (χ0n) is 14.9. The van der Waals surface area contributed by atoms with Crippen LogP contribution in [-0.2, 0) is 13.6 Å². The third kappa shape index (κ3) is 3.63. The van der Waals surface area contributed by atoms with Crippen LogP contribution < -0.4 is 5.32 Å². The first-order valence-corrected chi connectivity index (χ1v) is 8.53. The maximum absolute atomic E-state index is 12.7. The van der Waals surface area contributed by atoms with Gasteiger partial charge in [-0.05, 0) is 19.4 Å². The molecular weight excluding hydrogens is 314 g/mol. The van der Waals surface area contributed by atoms with E-state index in [2.05, 4.69) is 22.4 Å². The van der Waals surface area contributed by atoms with E-state index in [4.69, 9.17) is 0 Å². The molecule has 0 aliphatic heterocycles. The van der Waals surface area contributed by atoms with E-state index in [0.29, 0.717) is 5.69 Å². The molecule has 6 heteroatoms. The summed E-state index contributed by atoms with van der Waals surface area (Å²) < 4.78 is 3.46. The zero-order chi connectivity index (χ0) is 17.8. The van der Waals surface area contributed by atoms with Crippen molar-refractivity contribution in [2.24, 2.45) is 7.05 Å². The molecule has 0 saturated heterocycles. The Bertz CT molecular complexity index is 863. The maximum atomic E-state index is 12.7. The van der Waals surface area contributed by atoms with E-state index in [-0.39, 0.29) is 5.91 Å². The van der Waals surface area contributed by atoms with Gasteiger partial charge in [-0.2, -0.15) is 10.2 Å². The second-order valence-electron chi connectivity index (χ2n) is 6.11. The summed E-state index contributed by atoms with van der Waals surface area (Å²) in [6.45, 7) is 4.87. The summed E-state index contributed by atoms with van der Waals surface area (Å²) in [6.07, 6.45) is 3.88. The fourth-order valence-electron chi connectivity index (χ4n) is 2.72. The molecule has 0 aliphatic rings. The van der Waals surface area contributed by atoms with Crippen molar-refractivity contribution < 1.29 is 4.79 Å². The van der Waals surface area contributed by atoms with E-state index in [1.807, 2.05) is 48.0 Å². The molecule has 2 aromatic heterocycles. The maximum Gasteiger partial charge on any atom is 0.275 e. The van der Waals surface area contributed by atoms with Crippen molar-refractivity contribution in [3.8, 4) is 11.3 Å². The lowest BCUT2D eigenvalue weighted by molar-refractivity contribution is 0.101. The number of aromatic nitrogens is 4. The van der Waals surface area contributed by atoms with Crippen molar-refractivity contribution in [2.45, 2.75) is 33.2 Å². The van der Waals surface area contributed by atoms with Crippen LogP contribution in [0.15, 0.2) is 42.6 Å². The van der Waals surface area contributed by atoms with Crippen molar-refractivity contribution in [2.75, 3.05) is 5.32 Å². The van der Waals surface area contributed by atoms with Gasteiger partial charge in [0.25, 0.3) is 5.91 Å². The normalized spacial score (nSPS) is 10.8. The van der Waals surface area contributed by atoms with Crippen LogP contribution in [0.25, 0.3) is 11.3 Å². The third-order valence-corrected chi connectivity index (χ3v) is 4.16. The van der Waals surface area contributed by atoms with Crippen LogP contribution in [0.3, 0.4) is 0 Å². The minimum absolute atomic E-state index is 0.182. The topological polar surface area (TPSA) is 64.7 Å². The number of hydrogen-bond donors (Lipinski definition) is 1. The van der Waals surface area contributed by atoms with E-state index in [1.54, 1.807) is 17.9 Å². The van der Waals surface area contributed by atoms with Gasteiger partial charge < -0.3 is 5.32 Å². The van der Waals surface area contributed by atoms with Crippen LogP contribution in [-0.4, -0.2) is 25.5 Å². The first-order valence-electron chi connectivity index (χ1n) is 8.53. The van der Waals surface area contributed by atoms with Crippen LogP contribution in [0.2, 0.25) is 0 Å². The molecule has 0 radical (unpaired) electrons. The molecule has 2 heterocycles. The van der Waals surface area contributed by atoms with Crippen molar-refractivity contribution >= 4 is 11.7 Å². The standard InChI is InChI=1S/C19H23N5O/c1-4-5-11-24-18(14(2)13-20-24)21-19(25)17-12-16(22-23(17)3)15-9-7-6-8-10-15/h6-10,12-13H,4-5,11H2,1-3H3,(H,21,25). The molecule has 0 saturated carbocycles. The Hall–Kier alpha value is -2.89. The Morgan fingerprint density at radius 2 is 2.00 bits per heavy atom. The summed E-state index contributed by atoms with van der Waals surface area (Å²) in [5, 5.41) is 11.8. The highest BCUT2D eigenvalue weighted by Crippen LogP contribution is 2.20. The molecule has 0 fully saturated rings. The SMILES string of the molecule is CCCCn1ncc(C)c1NC(=O)c1cc(-c2ccccc2)nn1C. The number of amides is 1. The summed E-state index contributed by atoms with van der Waals surface area (Å²) in [6, 6.07) is 11.6. The number of unbranched alkanes of at least 4 members (excludes halogenated alkanes) is 1. The van der Waals surface area contributed by atoms with Gasteiger partial charge in [-0.1, -0.05) is 43.7 Å². The van der Waals surface area contributed by atoms with Gasteiger partial charge in [-0.15, -0.1) is 0 Å². The van der Waals surface area contributed by atoms with Crippen LogP contribution in [0.1, 0.15) is 35.8 Å². The first-order chi connectivity index (χ1) is 12.1. The molecule has 0 unspecified atom stereocenters. The minimum atomic E-state index is -0.182. The van der Waals surface area contributed by atoms with Gasteiger partial charge >= 0.3 is 0 Å². The Balaban J connectivity index is 1.83. The Morgan fingerprint density at radius 1 is 1.24 bits per heavy atom. The largest absolute Gasteiger partial charge is 0.305 e. The average molecular weight is 337 g/mol. The van der Waals surface area contributed by atoms with E-state index in [9.17, 15) is 4.79 Å². The number of benzene rings is 1. The Morgan fingerprint density at radius 3 is 2.72 bits per heavy atom. The molecule has 25 heavy (non-hydrogen) atoms. The van der Waals surface area contributed by atoms with Gasteiger partial charge in [0.2, 0.25) is 0 Å². The van der Waals surface area contributed by atoms with E-state index < -0.39 is 0 Å². The summed E-state index contributed by atoms with van der Waals surface area (Å²) in [5.41, 5.74) is 3.24. The second-order valence-corrected chi connectivity index (χ2v) is 6.11. The van der Waals surface area contributed by atoms with E-state index in [1.165, 1.54) is 0 Å². The van der Waals surface area contributed by atoms with Crippen LogP contribution in [0, 0.1) is 6.92 Å². The molecule has 1 N–H and O–H groups in total. The van der Waals surface area contributed by atoms with Crippen molar-refractivity contribution in [1.29, 1.82) is 0 Å². The molecule has 3 aromatic rings. The predicted octanol–water partition coefficient (Wildman–Crippen LogP) is 3.64. The fraction of sp³-hybridized carbons (Fsp3) is 0.316. The highest BCUT2D eigenvalue weighted by atomic mass is 16.2. The lowest BCUT2D eigenvalue weighted by Crippen LogP contribution is -2.19. The Labute approximate surface area is 147 Å². The van der Waals surface area contributed by atoms with Gasteiger partial charge in [-0.25, -0.2) is 4.68 Å². The number of nitrogens with one attached hydrogen (secondary N) is 1.